The van der Waals surface area contributed by atoms with Crippen molar-refractivity contribution >= 4 is 23.2 Å². The van der Waals surface area contributed by atoms with E-state index in [2.05, 4.69) is 10.3 Å². The SMILES string of the molecule is CCNC(Cc1ccc(F)cc1Cl)c1ccc(Cl)cn1. The zero-order valence-electron chi connectivity index (χ0n) is 11.0. The number of likely N-dealkylation sites (N-methyl/N-ethyl adjacent to an activating group) is 1. The van der Waals surface area contributed by atoms with E-state index in [0.29, 0.717) is 16.5 Å². The summed E-state index contributed by atoms with van der Waals surface area (Å²) in [7, 11) is 0. The van der Waals surface area contributed by atoms with Crippen molar-refractivity contribution in [1.82, 2.24) is 10.3 Å². The Morgan fingerprint density at radius 3 is 2.65 bits per heavy atom. The lowest BCUT2D eigenvalue weighted by atomic mass is 10.0. The molecule has 1 heterocycles. The summed E-state index contributed by atoms with van der Waals surface area (Å²) in [6.07, 6.45) is 2.26. The van der Waals surface area contributed by atoms with Crippen LogP contribution in [-0.4, -0.2) is 11.5 Å². The first-order valence-electron chi connectivity index (χ1n) is 6.39. The molecule has 0 saturated heterocycles. The van der Waals surface area contributed by atoms with Gasteiger partial charge in [-0.3, -0.25) is 4.98 Å². The molecule has 0 saturated carbocycles. The van der Waals surface area contributed by atoms with E-state index >= 15 is 0 Å². The smallest absolute Gasteiger partial charge is 0.124 e. The zero-order valence-corrected chi connectivity index (χ0v) is 12.5. The Kier molecular flexibility index (Phi) is 5.35. The quantitative estimate of drug-likeness (QED) is 0.884. The number of pyridine rings is 1. The second-order valence-corrected chi connectivity index (χ2v) is 5.30. The van der Waals surface area contributed by atoms with Gasteiger partial charge in [0.1, 0.15) is 5.82 Å². The van der Waals surface area contributed by atoms with Gasteiger partial charge in [-0.1, -0.05) is 36.2 Å². The molecule has 0 bridgehead atoms. The highest BCUT2D eigenvalue weighted by Gasteiger charge is 2.14. The van der Waals surface area contributed by atoms with Crippen LogP contribution in [0.5, 0.6) is 0 Å². The molecule has 1 atom stereocenters. The second kappa shape index (κ2) is 7.02. The molecule has 2 rings (SSSR count). The number of aromatic nitrogens is 1. The average Bonchev–Trinajstić information content (AvgIpc) is 2.42. The van der Waals surface area contributed by atoms with Crippen LogP contribution in [0, 0.1) is 5.82 Å². The molecule has 0 aliphatic rings. The minimum Gasteiger partial charge on any atom is -0.309 e. The third kappa shape index (κ3) is 3.92. The molecule has 0 amide bonds. The Morgan fingerprint density at radius 1 is 1.25 bits per heavy atom. The third-order valence-corrected chi connectivity index (χ3v) is 3.57. The summed E-state index contributed by atoms with van der Waals surface area (Å²) in [6.45, 7) is 2.82. The molecule has 0 spiro atoms. The molecular formula is C15H15Cl2FN2. The van der Waals surface area contributed by atoms with Crippen molar-refractivity contribution in [3.63, 3.8) is 0 Å². The largest absolute Gasteiger partial charge is 0.309 e. The Balaban J connectivity index is 2.22. The van der Waals surface area contributed by atoms with Gasteiger partial charge in [-0.15, -0.1) is 0 Å². The molecule has 0 aliphatic heterocycles. The van der Waals surface area contributed by atoms with E-state index in [0.717, 1.165) is 17.8 Å². The maximum atomic E-state index is 13.1. The molecule has 20 heavy (non-hydrogen) atoms. The van der Waals surface area contributed by atoms with Gasteiger partial charge < -0.3 is 5.32 Å². The summed E-state index contributed by atoms with van der Waals surface area (Å²) in [6, 6.07) is 8.15. The normalized spacial score (nSPS) is 12.4. The summed E-state index contributed by atoms with van der Waals surface area (Å²) < 4.78 is 13.1. The van der Waals surface area contributed by atoms with Crippen LogP contribution in [0.25, 0.3) is 0 Å². The van der Waals surface area contributed by atoms with Gasteiger partial charge in [-0.2, -0.15) is 0 Å². The number of hydrogen-bond acceptors (Lipinski definition) is 2. The molecule has 1 unspecified atom stereocenters. The minimum absolute atomic E-state index is 0.0141. The molecule has 106 valence electrons. The first-order valence-corrected chi connectivity index (χ1v) is 7.14. The number of hydrogen-bond donors (Lipinski definition) is 1. The molecule has 0 fully saturated rings. The van der Waals surface area contributed by atoms with Crippen LogP contribution in [0.1, 0.15) is 24.2 Å². The lowest BCUT2D eigenvalue weighted by Crippen LogP contribution is -2.24. The van der Waals surface area contributed by atoms with Crippen molar-refractivity contribution in [3.8, 4) is 0 Å². The summed E-state index contributed by atoms with van der Waals surface area (Å²) in [5.74, 6) is -0.330. The van der Waals surface area contributed by atoms with Crippen molar-refractivity contribution in [3.05, 3.63) is 63.6 Å². The lowest BCUT2D eigenvalue weighted by molar-refractivity contribution is 0.536. The lowest BCUT2D eigenvalue weighted by Gasteiger charge is -2.18. The van der Waals surface area contributed by atoms with Gasteiger partial charge in [0, 0.05) is 11.2 Å². The van der Waals surface area contributed by atoms with Gasteiger partial charge in [0.05, 0.1) is 16.8 Å². The average molecular weight is 313 g/mol. The van der Waals surface area contributed by atoms with Crippen molar-refractivity contribution < 1.29 is 4.39 Å². The Morgan fingerprint density at radius 2 is 2.05 bits per heavy atom. The van der Waals surface area contributed by atoms with Gasteiger partial charge in [-0.05, 0) is 42.8 Å². The highest BCUT2D eigenvalue weighted by molar-refractivity contribution is 6.31. The summed E-state index contributed by atoms with van der Waals surface area (Å²) >= 11 is 11.9. The zero-order chi connectivity index (χ0) is 14.5. The van der Waals surface area contributed by atoms with E-state index in [4.69, 9.17) is 23.2 Å². The molecule has 0 radical (unpaired) electrons. The monoisotopic (exact) mass is 312 g/mol. The molecule has 2 nitrogen and oxygen atoms in total. The van der Waals surface area contributed by atoms with E-state index in [9.17, 15) is 4.39 Å². The van der Waals surface area contributed by atoms with Crippen LogP contribution < -0.4 is 5.32 Å². The van der Waals surface area contributed by atoms with Crippen molar-refractivity contribution in [2.45, 2.75) is 19.4 Å². The van der Waals surface area contributed by atoms with Gasteiger partial charge in [0.2, 0.25) is 0 Å². The summed E-state index contributed by atoms with van der Waals surface area (Å²) in [5.41, 5.74) is 1.77. The Hall–Kier alpha value is -1.16. The van der Waals surface area contributed by atoms with Crippen molar-refractivity contribution in [2.75, 3.05) is 6.54 Å². The predicted molar refractivity (Wildman–Crippen MR) is 80.8 cm³/mol. The van der Waals surface area contributed by atoms with E-state index < -0.39 is 0 Å². The van der Waals surface area contributed by atoms with Gasteiger partial charge in [0.15, 0.2) is 0 Å². The van der Waals surface area contributed by atoms with Crippen LogP contribution in [0.2, 0.25) is 10.0 Å². The first-order chi connectivity index (χ1) is 9.60. The highest BCUT2D eigenvalue weighted by Crippen LogP contribution is 2.24. The maximum absolute atomic E-state index is 13.1. The maximum Gasteiger partial charge on any atom is 0.124 e. The number of nitrogens with one attached hydrogen (secondary N) is 1. The van der Waals surface area contributed by atoms with E-state index in [1.807, 2.05) is 13.0 Å². The molecule has 2 aromatic rings. The van der Waals surface area contributed by atoms with Crippen LogP contribution in [0.3, 0.4) is 0 Å². The predicted octanol–water partition coefficient (Wildman–Crippen LogP) is 4.42. The molecule has 1 aromatic carbocycles. The standard InChI is InChI=1S/C15H15Cl2FN2/c1-2-19-15(14-6-4-11(16)9-20-14)7-10-3-5-12(18)8-13(10)17/h3-6,8-9,15,19H,2,7H2,1H3. The van der Waals surface area contributed by atoms with Crippen LogP contribution >= 0.6 is 23.2 Å². The molecule has 0 aliphatic carbocycles. The number of halogens is 3. The Labute approximate surface area is 127 Å². The molecule has 1 N–H and O–H groups in total. The summed E-state index contributed by atoms with van der Waals surface area (Å²) in [5, 5.41) is 4.38. The topological polar surface area (TPSA) is 24.9 Å². The van der Waals surface area contributed by atoms with E-state index in [1.54, 1.807) is 18.3 Å². The Bertz CT molecular complexity index is 573. The summed E-state index contributed by atoms with van der Waals surface area (Å²) in [4.78, 5) is 4.33. The van der Waals surface area contributed by atoms with Crippen molar-refractivity contribution in [2.24, 2.45) is 0 Å². The third-order valence-electron chi connectivity index (χ3n) is 3.00. The molecule has 1 aromatic heterocycles. The fourth-order valence-electron chi connectivity index (χ4n) is 2.03. The second-order valence-electron chi connectivity index (χ2n) is 4.45. The number of rotatable bonds is 5. The van der Waals surface area contributed by atoms with Crippen molar-refractivity contribution in [1.29, 1.82) is 0 Å². The van der Waals surface area contributed by atoms with E-state index in [1.165, 1.54) is 12.1 Å². The van der Waals surface area contributed by atoms with E-state index in [-0.39, 0.29) is 11.9 Å². The number of benzene rings is 1. The van der Waals surface area contributed by atoms with Gasteiger partial charge >= 0.3 is 0 Å². The minimum atomic E-state index is -0.330. The fourth-order valence-corrected chi connectivity index (χ4v) is 2.38. The van der Waals surface area contributed by atoms with Crippen LogP contribution in [0.15, 0.2) is 36.5 Å². The van der Waals surface area contributed by atoms with Crippen LogP contribution in [-0.2, 0) is 6.42 Å². The van der Waals surface area contributed by atoms with Gasteiger partial charge in [-0.25, -0.2) is 4.39 Å². The highest BCUT2D eigenvalue weighted by atomic mass is 35.5. The fraction of sp³-hybridized carbons (Fsp3) is 0.267. The van der Waals surface area contributed by atoms with Gasteiger partial charge in [0.25, 0.3) is 0 Å². The first kappa shape index (κ1) is 15.2. The molecule has 5 heteroatoms. The number of nitrogens with zero attached hydrogens (tertiary/aromatic N) is 1. The van der Waals surface area contributed by atoms with Crippen LogP contribution in [0.4, 0.5) is 4.39 Å². The molecular weight excluding hydrogens is 298 g/mol.